The molecule has 2 aromatic heterocycles. The van der Waals surface area contributed by atoms with Gasteiger partial charge in [0.1, 0.15) is 17.6 Å². The molecule has 5 aromatic rings. The Morgan fingerprint density at radius 3 is 2.03 bits per heavy atom. The molecular weight excluding hydrogens is 767 g/mol. The molecule has 4 heterocycles. The molecule has 0 saturated carbocycles. The largest absolute Gasteiger partial charge is 0.490 e. The summed E-state index contributed by atoms with van der Waals surface area (Å²) in [7, 11) is 0. The number of aromatic carboxylic acids is 1. The number of thioether (sulfide) groups is 1. The Balaban J connectivity index is 0.000000239. The van der Waals surface area contributed by atoms with E-state index in [0.717, 1.165) is 36.1 Å². The fourth-order valence-electron chi connectivity index (χ4n) is 6.43. The average molecular weight is 810 g/mol. The second-order valence-corrected chi connectivity index (χ2v) is 15.1. The average Bonchev–Trinajstić information content (AvgIpc) is 3.68. The molecule has 16 nitrogen and oxygen atoms in total. The molecule has 0 radical (unpaired) electrons. The summed E-state index contributed by atoms with van der Waals surface area (Å²) in [6.07, 6.45) is 4.18. The minimum absolute atomic E-state index is 0.00270. The van der Waals surface area contributed by atoms with E-state index < -0.39 is 18.0 Å². The Bertz CT molecular complexity index is 2170. The first kappa shape index (κ1) is 41.2. The number of pyridine rings is 1. The van der Waals surface area contributed by atoms with Crippen LogP contribution < -0.4 is 9.47 Å². The lowest BCUT2D eigenvalue weighted by atomic mass is 10.1. The van der Waals surface area contributed by atoms with Gasteiger partial charge in [0.25, 0.3) is 0 Å². The molecule has 2 aliphatic rings. The summed E-state index contributed by atoms with van der Waals surface area (Å²) >= 11 is 1.55. The Kier molecular flexibility index (Phi) is 13.9. The van der Waals surface area contributed by atoms with Crippen molar-refractivity contribution >= 4 is 35.9 Å². The number of likely N-dealkylation sites (tertiary alicyclic amines) is 2. The third kappa shape index (κ3) is 11.8. The lowest BCUT2D eigenvalue weighted by Gasteiger charge is -2.30. The van der Waals surface area contributed by atoms with Gasteiger partial charge in [0.2, 0.25) is 5.16 Å². The molecule has 58 heavy (non-hydrogen) atoms. The van der Waals surface area contributed by atoms with Gasteiger partial charge < -0.3 is 34.6 Å². The Morgan fingerprint density at radius 2 is 1.41 bits per heavy atom. The minimum Gasteiger partial charge on any atom is -0.490 e. The number of carbonyl (C=O) groups is 4. The number of hydrogen-bond acceptors (Lipinski definition) is 11. The molecule has 2 amide bonds. The number of amides is 2. The molecule has 2 saturated heterocycles. The van der Waals surface area contributed by atoms with Crippen molar-refractivity contribution in [3.8, 4) is 17.2 Å². The highest BCUT2D eigenvalue weighted by Crippen LogP contribution is 2.30. The van der Waals surface area contributed by atoms with Gasteiger partial charge in [-0.3, -0.25) is 9.78 Å². The number of aliphatic carboxylic acids is 1. The fraction of sp³-hybridized carbons (Fsp3) is 0.317. The zero-order chi connectivity index (χ0) is 41.0. The number of ether oxygens (including phenoxy) is 2. The van der Waals surface area contributed by atoms with Gasteiger partial charge in [-0.05, 0) is 108 Å². The van der Waals surface area contributed by atoms with Gasteiger partial charge in [-0.1, -0.05) is 36.0 Å². The molecule has 0 bridgehead atoms. The van der Waals surface area contributed by atoms with Crippen molar-refractivity contribution in [2.45, 2.75) is 62.0 Å². The maximum absolute atomic E-state index is 12.7. The first-order chi connectivity index (χ1) is 28.0. The van der Waals surface area contributed by atoms with Crippen LogP contribution in [-0.4, -0.2) is 112 Å². The van der Waals surface area contributed by atoms with Crippen LogP contribution in [0.15, 0.2) is 96.3 Å². The van der Waals surface area contributed by atoms with E-state index in [1.807, 2.05) is 43.5 Å². The highest BCUT2D eigenvalue weighted by molar-refractivity contribution is 7.99. The predicted octanol–water partition coefficient (Wildman–Crippen LogP) is 6.25. The summed E-state index contributed by atoms with van der Waals surface area (Å²) in [6.45, 7) is 4.15. The molecule has 3 aromatic carbocycles. The number of aryl methyl sites for hydroxylation is 1. The molecule has 0 spiro atoms. The second kappa shape index (κ2) is 19.6. The van der Waals surface area contributed by atoms with Gasteiger partial charge in [-0.15, -0.1) is 5.10 Å². The van der Waals surface area contributed by atoms with Crippen molar-refractivity contribution in [1.29, 1.82) is 0 Å². The van der Waals surface area contributed by atoms with Crippen molar-refractivity contribution in [3.05, 3.63) is 119 Å². The van der Waals surface area contributed by atoms with E-state index in [9.17, 15) is 19.2 Å². The van der Waals surface area contributed by atoms with Gasteiger partial charge in [-0.2, -0.15) is 4.68 Å². The van der Waals surface area contributed by atoms with Gasteiger partial charge in [0, 0.05) is 62.6 Å². The number of carboxylic acid groups (broad SMARTS) is 3. The van der Waals surface area contributed by atoms with Crippen molar-refractivity contribution in [2.75, 3.05) is 26.2 Å². The summed E-state index contributed by atoms with van der Waals surface area (Å²) in [5.41, 5.74) is 4.89. The van der Waals surface area contributed by atoms with Crippen LogP contribution in [0.3, 0.4) is 0 Å². The van der Waals surface area contributed by atoms with Crippen molar-refractivity contribution < 1.29 is 44.0 Å². The molecule has 0 atom stereocenters. The van der Waals surface area contributed by atoms with Gasteiger partial charge in [0.15, 0.2) is 0 Å². The number of piperidine rings is 2. The SMILES string of the molecule is Cc1ccnc(Cc2ccc(OC(=O)N3CCC(Sc4nnnn4-c4ccc(C(=O)O)cc4)CC3)cc2)c1.O=C(O)Cc1ccc(OC2CCN(C(=O)O)CC2)cc1. The fourth-order valence-corrected chi connectivity index (χ4v) is 7.50. The molecule has 0 aliphatic carbocycles. The van der Waals surface area contributed by atoms with Crippen LogP contribution in [0.5, 0.6) is 11.5 Å². The highest BCUT2D eigenvalue weighted by Gasteiger charge is 2.27. The van der Waals surface area contributed by atoms with Crippen LogP contribution >= 0.6 is 11.8 Å². The van der Waals surface area contributed by atoms with Gasteiger partial charge in [-0.25, -0.2) is 14.4 Å². The number of rotatable bonds is 11. The number of carbonyl (C=O) groups excluding carboxylic acids is 1. The maximum atomic E-state index is 12.7. The normalized spacial score (nSPS) is 14.6. The lowest BCUT2D eigenvalue weighted by molar-refractivity contribution is -0.136. The standard InChI is InChI=1S/C27H26N6O4S.C14H17NO5/c1-18-10-13-28-21(16-18)17-19-2-8-23(9-3-19)37-27(36)32-14-11-24(12-15-32)38-26-29-30-31-33(26)22-6-4-20(5-7-22)25(34)35;16-13(17)9-10-1-3-11(4-2-10)20-12-5-7-15(8-6-12)14(18)19/h2-10,13,16,24H,11-12,14-15,17H2,1H3,(H,34,35);1-4,12H,5-9H2,(H,16,17)(H,18,19). The molecule has 3 N–H and O–H groups in total. The summed E-state index contributed by atoms with van der Waals surface area (Å²) in [5, 5.41) is 39.5. The van der Waals surface area contributed by atoms with Crippen LogP contribution in [0.2, 0.25) is 0 Å². The van der Waals surface area contributed by atoms with E-state index in [4.69, 9.17) is 24.8 Å². The Hall–Kier alpha value is -6.49. The third-order valence-electron chi connectivity index (χ3n) is 9.55. The molecule has 2 aliphatic heterocycles. The summed E-state index contributed by atoms with van der Waals surface area (Å²) < 4.78 is 13.0. The molecule has 0 unspecified atom stereocenters. The Labute approximate surface area is 338 Å². The number of carboxylic acids is 2. The van der Waals surface area contributed by atoms with Crippen LogP contribution in [0.4, 0.5) is 9.59 Å². The number of hydrogen-bond donors (Lipinski definition) is 3. The van der Waals surface area contributed by atoms with E-state index in [0.29, 0.717) is 61.4 Å². The Morgan fingerprint density at radius 1 is 0.776 bits per heavy atom. The summed E-state index contributed by atoms with van der Waals surface area (Å²) in [5.74, 6) is -0.644. The third-order valence-corrected chi connectivity index (χ3v) is 10.8. The monoisotopic (exact) mass is 809 g/mol. The van der Waals surface area contributed by atoms with Crippen LogP contribution in [0.25, 0.3) is 5.69 Å². The van der Waals surface area contributed by atoms with E-state index in [1.165, 1.54) is 22.6 Å². The number of nitrogens with zero attached hydrogens (tertiary/aromatic N) is 7. The van der Waals surface area contributed by atoms with Gasteiger partial charge in [0.05, 0.1) is 17.7 Å². The predicted molar refractivity (Wildman–Crippen MR) is 212 cm³/mol. The zero-order valence-corrected chi connectivity index (χ0v) is 32.5. The number of benzene rings is 3. The van der Waals surface area contributed by atoms with Gasteiger partial charge >= 0.3 is 24.1 Å². The van der Waals surface area contributed by atoms with Crippen LogP contribution in [0.1, 0.15) is 58.4 Å². The first-order valence-electron chi connectivity index (χ1n) is 18.7. The van der Waals surface area contributed by atoms with Crippen molar-refractivity contribution in [1.82, 2.24) is 35.0 Å². The number of tetrazole rings is 1. The van der Waals surface area contributed by atoms with Crippen LogP contribution in [-0.2, 0) is 17.6 Å². The quantitative estimate of drug-likeness (QED) is 0.135. The highest BCUT2D eigenvalue weighted by atomic mass is 32.2. The second-order valence-electron chi connectivity index (χ2n) is 13.8. The number of aromatic nitrogens is 5. The minimum atomic E-state index is -0.985. The van der Waals surface area contributed by atoms with E-state index >= 15 is 0 Å². The molecule has 2 fully saturated rings. The van der Waals surface area contributed by atoms with E-state index in [2.05, 4.69) is 26.6 Å². The topological polar surface area (TPSA) is 210 Å². The van der Waals surface area contributed by atoms with Crippen LogP contribution in [0, 0.1) is 6.92 Å². The molecule has 302 valence electrons. The smallest absolute Gasteiger partial charge is 0.415 e. The first-order valence-corrected chi connectivity index (χ1v) is 19.6. The molecule has 17 heteroatoms. The zero-order valence-electron chi connectivity index (χ0n) is 31.7. The lowest BCUT2D eigenvalue weighted by Crippen LogP contribution is -2.41. The molecule has 7 rings (SSSR count). The van der Waals surface area contributed by atoms with E-state index in [1.54, 1.807) is 57.7 Å². The van der Waals surface area contributed by atoms with Crippen molar-refractivity contribution in [3.63, 3.8) is 0 Å². The van der Waals surface area contributed by atoms with E-state index in [-0.39, 0.29) is 29.4 Å². The van der Waals surface area contributed by atoms with Crippen molar-refractivity contribution in [2.24, 2.45) is 0 Å². The maximum Gasteiger partial charge on any atom is 0.415 e. The summed E-state index contributed by atoms with van der Waals surface area (Å²) in [6, 6.07) is 24.9. The molecular formula is C41H43N7O9S. The summed E-state index contributed by atoms with van der Waals surface area (Å²) in [4.78, 5) is 52.7.